The summed E-state index contributed by atoms with van der Waals surface area (Å²) in [6.07, 6.45) is -0.100. The number of aliphatic hydroxyl groups excluding tert-OH is 1. The summed E-state index contributed by atoms with van der Waals surface area (Å²) in [6.45, 7) is 2.44. The van der Waals surface area contributed by atoms with E-state index >= 15 is 0 Å². The van der Waals surface area contributed by atoms with Gasteiger partial charge in [0.05, 0.1) is 6.10 Å². The van der Waals surface area contributed by atoms with Crippen LogP contribution in [-0.2, 0) is 4.74 Å². The second kappa shape index (κ2) is 6.33. The van der Waals surface area contributed by atoms with Gasteiger partial charge in [-0.15, -0.1) is 0 Å². The highest BCUT2D eigenvalue weighted by Gasteiger charge is 2.19. The molecule has 0 aliphatic carbocycles. The molecule has 0 spiro atoms. The van der Waals surface area contributed by atoms with Gasteiger partial charge in [-0.1, -0.05) is 22.9 Å². The number of benzene rings is 1. The van der Waals surface area contributed by atoms with Gasteiger partial charge >= 0.3 is 0 Å². The predicted octanol–water partition coefficient (Wildman–Crippen LogP) is 3.29. The molecule has 0 saturated heterocycles. The number of hydrogen-bond donors (Lipinski definition) is 1. The van der Waals surface area contributed by atoms with Crippen molar-refractivity contribution < 1.29 is 14.2 Å². The first-order valence-corrected chi connectivity index (χ1v) is 5.97. The summed E-state index contributed by atoms with van der Waals surface area (Å²) < 4.78 is 19.2. The summed E-state index contributed by atoms with van der Waals surface area (Å²) in [5.41, 5.74) is 0.331. The number of methoxy groups -OCH3 is 1. The summed E-state index contributed by atoms with van der Waals surface area (Å²) >= 11 is 3.26. The fraction of sp³-hybridized carbons (Fsp3) is 0.500. The number of hydrogen-bond acceptors (Lipinski definition) is 2. The van der Waals surface area contributed by atoms with Gasteiger partial charge in [0.25, 0.3) is 0 Å². The first kappa shape index (κ1) is 13.6. The molecule has 0 heterocycles. The zero-order chi connectivity index (χ0) is 12.1. The SMILES string of the molecule is COCCC(C)C(O)c1cc(Br)ccc1F. The highest BCUT2D eigenvalue weighted by atomic mass is 79.9. The molecule has 2 nitrogen and oxygen atoms in total. The lowest BCUT2D eigenvalue weighted by molar-refractivity contribution is 0.0858. The molecule has 2 atom stereocenters. The van der Waals surface area contributed by atoms with Crippen LogP contribution in [0.3, 0.4) is 0 Å². The molecule has 4 heteroatoms. The summed E-state index contributed by atoms with van der Waals surface area (Å²) in [5.74, 6) is -0.413. The molecule has 1 aromatic carbocycles. The number of aliphatic hydroxyl groups is 1. The molecule has 1 N–H and O–H groups in total. The number of ether oxygens (including phenoxy) is 1. The molecule has 0 saturated carbocycles. The van der Waals surface area contributed by atoms with Crippen molar-refractivity contribution in [2.24, 2.45) is 5.92 Å². The summed E-state index contributed by atoms with van der Waals surface area (Å²) in [5, 5.41) is 10.0. The monoisotopic (exact) mass is 290 g/mol. The molecule has 0 fully saturated rings. The van der Waals surface area contributed by atoms with Crippen LogP contribution in [0.1, 0.15) is 25.0 Å². The van der Waals surface area contributed by atoms with E-state index in [-0.39, 0.29) is 11.7 Å². The van der Waals surface area contributed by atoms with E-state index in [1.165, 1.54) is 6.07 Å². The Hall–Kier alpha value is -0.450. The third kappa shape index (κ3) is 3.54. The van der Waals surface area contributed by atoms with Gasteiger partial charge in [-0.25, -0.2) is 4.39 Å². The molecule has 90 valence electrons. The Morgan fingerprint density at radius 2 is 2.19 bits per heavy atom. The molecule has 1 aromatic rings. The van der Waals surface area contributed by atoms with E-state index in [1.54, 1.807) is 19.2 Å². The fourth-order valence-corrected chi connectivity index (χ4v) is 1.89. The first-order chi connectivity index (χ1) is 7.56. The van der Waals surface area contributed by atoms with Gasteiger partial charge in [-0.3, -0.25) is 0 Å². The largest absolute Gasteiger partial charge is 0.388 e. The van der Waals surface area contributed by atoms with Gasteiger partial charge in [0.2, 0.25) is 0 Å². The van der Waals surface area contributed by atoms with Gasteiger partial charge < -0.3 is 9.84 Å². The maximum atomic E-state index is 13.5. The molecule has 16 heavy (non-hydrogen) atoms. The molecular formula is C12H16BrFO2. The molecule has 1 rings (SSSR count). The van der Waals surface area contributed by atoms with Gasteiger partial charge in [-0.2, -0.15) is 0 Å². The second-order valence-corrected chi connectivity index (χ2v) is 4.79. The van der Waals surface area contributed by atoms with E-state index in [1.807, 2.05) is 6.92 Å². The van der Waals surface area contributed by atoms with Crippen LogP contribution in [0.5, 0.6) is 0 Å². The van der Waals surface area contributed by atoms with Crippen LogP contribution >= 0.6 is 15.9 Å². The lowest BCUT2D eigenvalue weighted by atomic mass is 9.94. The quantitative estimate of drug-likeness (QED) is 0.902. The number of halogens is 2. The molecular weight excluding hydrogens is 275 g/mol. The molecule has 0 amide bonds. The molecule has 0 bridgehead atoms. The van der Waals surface area contributed by atoms with Crippen LogP contribution in [0.25, 0.3) is 0 Å². The van der Waals surface area contributed by atoms with E-state index < -0.39 is 6.10 Å². The van der Waals surface area contributed by atoms with Gasteiger partial charge in [0.1, 0.15) is 5.82 Å². The van der Waals surface area contributed by atoms with Crippen LogP contribution in [0.2, 0.25) is 0 Å². The fourth-order valence-electron chi connectivity index (χ4n) is 1.51. The highest BCUT2D eigenvalue weighted by molar-refractivity contribution is 9.10. The second-order valence-electron chi connectivity index (χ2n) is 3.87. The maximum Gasteiger partial charge on any atom is 0.129 e. The first-order valence-electron chi connectivity index (χ1n) is 5.18. The summed E-state index contributed by atoms with van der Waals surface area (Å²) in [4.78, 5) is 0. The molecule has 0 radical (unpaired) electrons. The predicted molar refractivity (Wildman–Crippen MR) is 64.7 cm³/mol. The Kier molecular flexibility index (Phi) is 5.38. The normalized spacial score (nSPS) is 14.8. The van der Waals surface area contributed by atoms with Crippen LogP contribution in [0.15, 0.2) is 22.7 Å². The van der Waals surface area contributed by atoms with Gasteiger partial charge in [0, 0.05) is 23.8 Å². The summed E-state index contributed by atoms with van der Waals surface area (Å²) in [6, 6.07) is 4.58. The van der Waals surface area contributed by atoms with Crippen LogP contribution < -0.4 is 0 Å². The Morgan fingerprint density at radius 1 is 1.50 bits per heavy atom. The van der Waals surface area contributed by atoms with Crippen molar-refractivity contribution in [3.8, 4) is 0 Å². The Bertz CT molecular complexity index is 344. The zero-order valence-corrected chi connectivity index (χ0v) is 11.0. The van der Waals surface area contributed by atoms with Gasteiger partial charge in [-0.05, 0) is 30.5 Å². The Labute approximate surface area is 104 Å². The van der Waals surface area contributed by atoms with Crippen molar-refractivity contribution in [2.45, 2.75) is 19.4 Å². The van der Waals surface area contributed by atoms with E-state index in [0.717, 1.165) is 4.47 Å². The standard InChI is InChI=1S/C12H16BrFO2/c1-8(5-6-16-2)12(15)10-7-9(13)3-4-11(10)14/h3-4,7-8,12,15H,5-6H2,1-2H3. The van der Waals surface area contributed by atoms with E-state index in [2.05, 4.69) is 15.9 Å². The zero-order valence-electron chi connectivity index (χ0n) is 9.41. The highest BCUT2D eigenvalue weighted by Crippen LogP contribution is 2.28. The smallest absolute Gasteiger partial charge is 0.129 e. The molecule has 0 aliphatic rings. The third-order valence-corrected chi connectivity index (χ3v) is 3.09. The topological polar surface area (TPSA) is 29.5 Å². The maximum absolute atomic E-state index is 13.5. The van der Waals surface area contributed by atoms with Crippen molar-refractivity contribution in [1.82, 2.24) is 0 Å². The van der Waals surface area contributed by atoms with Gasteiger partial charge in [0.15, 0.2) is 0 Å². The lowest BCUT2D eigenvalue weighted by Crippen LogP contribution is -2.13. The third-order valence-electron chi connectivity index (χ3n) is 2.59. The minimum atomic E-state index is -0.798. The molecule has 0 aromatic heterocycles. The van der Waals surface area contributed by atoms with Crippen LogP contribution in [0.4, 0.5) is 4.39 Å². The minimum Gasteiger partial charge on any atom is -0.388 e. The van der Waals surface area contributed by atoms with Crippen molar-refractivity contribution in [3.63, 3.8) is 0 Å². The summed E-state index contributed by atoms with van der Waals surface area (Å²) in [7, 11) is 1.61. The average Bonchev–Trinajstić information content (AvgIpc) is 2.28. The van der Waals surface area contributed by atoms with Crippen molar-refractivity contribution in [1.29, 1.82) is 0 Å². The van der Waals surface area contributed by atoms with E-state index in [4.69, 9.17) is 4.74 Å². The average molecular weight is 291 g/mol. The van der Waals surface area contributed by atoms with Crippen molar-refractivity contribution in [3.05, 3.63) is 34.1 Å². The van der Waals surface area contributed by atoms with E-state index in [9.17, 15) is 9.50 Å². The Balaban J connectivity index is 2.78. The van der Waals surface area contributed by atoms with Crippen LogP contribution in [0, 0.1) is 11.7 Å². The molecule has 2 unspecified atom stereocenters. The lowest BCUT2D eigenvalue weighted by Gasteiger charge is -2.19. The van der Waals surface area contributed by atoms with E-state index in [0.29, 0.717) is 18.6 Å². The number of rotatable bonds is 5. The van der Waals surface area contributed by atoms with Crippen LogP contribution in [-0.4, -0.2) is 18.8 Å². The molecule has 0 aliphatic heterocycles. The van der Waals surface area contributed by atoms with Crippen molar-refractivity contribution in [2.75, 3.05) is 13.7 Å². The Morgan fingerprint density at radius 3 is 2.81 bits per heavy atom. The van der Waals surface area contributed by atoms with Crippen molar-refractivity contribution >= 4 is 15.9 Å². The minimum absolute atomic E-state index is 0.0382.